The predicted molar refractivity (Wildman–Crippen MR) is 75.7 cm³/mol. The maximum atomic E-state index is 12.7. The number of anilines is 1. The molecule has 0 aliphatic heterocycles. The van der Waals surface area contributed by atoms with Gasteiger partial charge in [0.1, 0.15) is 6.54 Å². The summed E-state index contributed by atoms with van der Waals surface area (Å²) in [4.78, 5) is 5.32. The monoisotopic (exact) mass is 322 g/mol. The molecule has 0 fully saturated rings. The minimum atomic E-state index is -4.30. The first-order chi connectivity index (χ1) is 9.40. The van der Waals surface area contributed by atoms with Gasteiger partial charge in [-0.1, -0.05) is 11.6 Å². The van der Waals surface area contributed by atoms with E-state index in [4.69, 9.17) is 23.2 Å². The summed E-state index contributed by atoms with van der Waals surface area (Å²) in [6.07, 6.45) is -2.83. The van der Waals surface area contributed by atoms with E-state index < -0.39 is 12.7 Å². The van der Waals surface area contributed by atoms with E-state index in [9.17, 15) is 13.2 Å². The molecule has 1 heterocycles. The third-order valence-electron chi connectivity index (χ3n) is 2.75. The molecule has 2 nitrogen and oxygen atoms in total. The highest BCUT2D eigenvalue weighted by Crippen LogP contribution is 2.29. The fraction of sp³-hybridized carbons (Fsp3) is 0.308. The van der Waals surface area contributed by atoms with Crippen molar-refractivity contribution in [1.29, 1.82) is 0 Å². The van der Waals surface area contributed by atoms with E-state index in [0.717, 1.165) is 0 Å². The molecule has 0 spiro atoms. The topological polar surface area (TPSA) is 16.1 Å². The van der Waals surface area contributed by atoms with Gasteiger partial charge in [-0.15, -0.1) is 11.6 Å². The molecule has 7 heteroatoms. The highest BCUT2D eigenvalue weighted by atomic mass is 35.5. The number of hydrogen-bond donors (Lipinski definition) is 0. The first-order valence-electron chi connectivity index (χ1n) is 5.82. The molecule has 20 heavy (non-hydrogen) atoms. The zero-order valence-electron chi connectivity index (χ0n) is 10.3. The summed E-state index contributed by atoms with van der Waals surface area (Å²) >= 11 is 11.5. The van der Waals surface area contributed by atoms with Crippen molar-refractivity contribution >= 4 is 39.8 Å². The molecule has 0 unspecified atom stereocenters. The van der Waals surface area contributed by atoms with Gasteiger partial charge < -0.3 is 4.90 Å². The molecule has 0 saturated heterocycles. The quantitative estimate of drug-likeness (QED) is 0.771. The van der Waals surface area contributed by atoms with Crippen molar-refractivity contribution < 1.29 is 13.2 Å². The summed E-state index contributed by atoms with van der Waals surface area (Å²) in [5.74, 6) is 0.105. The molecule has 0 N–H and O–H groups in total. The van der Waals surface area contributed by atoms with Crippen LogP contribution < -0.4 is 4.90 Å². The largest absolute Gasteiger partial charge is 0.405 e. The molecule has 2 aromatic rings. The van der Waals surface area contributed by atoms with Gasteiger partial charge in [0.15, 0.2) is 0 Å². The van der Waals surface area contributed by atoms with Gasteiger partial charge in [-0.05, 0) is 24.3 Å². The SMILES string of the molecule is FC(F)(F)CN(CCCl)c1ccnc2cc(Cl)ccc12. The number of pyridine rings is 1. The summed E-state index contributed by atoms with van der Waals surface area (Å²) in [5, 5.41) is 1.10. The van der Waals surface area contributed by atoms with Gasteiger partial charge in [-0.3, -0.25) is 4.98 Å². The van der Waals surface area contributed by atoms with Crippen LogP contribution in [0.1, 0.15) is 0 Å². The van der Waals surface area contributed by atoms with E-state index in [1.165, 1.54) is 11.1 Å². The van der Waals surface area contributed by atoms with Gasteiger partial charge in [0.25, 0.3) is 0 Å². The maximum Gasteiger partial charge on any atom is 0.405 e. The molecule has 0 radical (unpaired) electrons. The number of benzene rings is 1. The third-order valence-corrected chi connectivity index (χ3v) is 3.15. The van der Waals surface area contributed by atoms with Crippen LogP contribution in [0.25, 0.3) is 10.9 Å². The second-order valence-electron chi connectivity index (χ2n) is 4.22. The molecular formula is C13H11Cl2F3N2. The van der Waals surface area contributed by atoms with Crippen LogP contribution in [-0.2, 0) is 0 Å². The number of halogens is 5. The number of alkyl halides is 4. The van der Waals surface area contributed by atoms with Crippen molar-refractivity contribution in [3.63, 3.8) is 0 Å². The van der Waals surface area contributed by atoms with E-state index >= 15 is 0 Å². The molecular weight excluding hydrogens is 312 g/mol. The van der Waals surface area contributed by atoms with Crippen LogP contribution in [0.4, 0.5) is 18.9 Å². The Morgan fingerprint density at radius 3 is 2.60 bits per heavy atom. The average Bonchev–Trinajstić information content (AvgIpc) is 2.35. The molecule has 0 aliphatic rings. The summed E-state index contributed by atoms with van der Waals surface area (Å²) in [7, 11) is 0. The van der Waals surface area contributed by atoms with Gasteiger partial charge >= 0.3 is 6.18 Å². The number of fused-ring (bicyclic) bond motifs is 1. The fourth-order valence-electron chi connectivity index (χ4n) is 1.99. The van der Waals surface area contributed by atoms with E-state index in [-0.39, 0.29) is 12.4 Å². The lowest BCUT2D eigenvalue weighted by Gasteiger charge is -2.26. The molecule has 1 aromatic heterocycles. The molecule has 1 aromatic carbocycles. The smallest absolute Gasteiger partial charge is 0.361 e. The van der Waals surface area contributed by atoms with Crippen LogP contribution >= 0.6 is 23.2 Å². The van der Waals surface area contributed by atoms with E-state index in [1.807, 2.05) is 0 Å². The first-order valence-corrected chi connectivity index (χ1v) is 6.74. The molecule has 0 bridgehead atoms. The third kappa shape index (κ3) is 3.67. The van der Waals surface area contributed by atoms with Crippen LogP contribution in [0.3, 0.4) is 0 Å². The predicted octanol–water partition coefficient (Wildman–Crippen LogP) is 4.50. The first kappa shape index (κ1) is 15.2. The van der Waals surface area contributed by atoms with Gasteiger partial charge in [0.2, 0.25) is 0 Å². The Bertz CT molecular complexity index is 602. The van der Waals surface area contributed by atoms with E-state index in [0.29, 0.717) is 21.6 Å². The zero-order chi connectivity index (χ0) is 14.8. The average molecular weight is 323 g/mol. The summed E-state index contributed by atoms with van der Waals surface area (Å²) < 4.78 is 38.0. The Hall–Kier alpha value is -1.20. The van der Waals surface area contributed by atoms with E-state index in [1.54, 1.807) is 24.3 Å². The summed E-state index contributed by atoms with van der Waals surface area (Å²) in [6, 6.07) is 6.46. The van der Waals surface area contributed by atoms with Crippen molar-refractivity contribution in [1.82, 2.24) is 4.98 Å². The molecule has 2 rings (SSSR count). The van der Waals surface area contributed by atoms with Crippen molar-refractivity contribution in [3.05, 3.63) is 35.5 Å². The lowest BCUT2D eigenvalue weighted by molar-refractivity contribution is -0.119. The normalized spacial score (nSPS) is 11.8. The molecule has 0 saturated carbocycles. The Kier molecular flexibility index (Phi) is 4.60. The fourth-order valence-corrected chi connectivity index (χ4v) is 2.36. The van der Waals surface area contributed by atoms with Crippen LogP contribution in [0, 0.1) is 0 Å². The number of nitrogens with zero attached hydrogens (tertiary/aromatic N) is 2. The number of rotatable bonds is 4. The van der Waals surface area contributed by atoms with E-state index in [2.05, 4.69) is 4.98 Å². The number of aromatic nitrogens is 1. The lowest BCUT2D eigenvalue weighted by Crippen LogP contribution is -2.35. The Morgan fingerprint density at radius 2 is 1.95 bits per heavy atom. The van der Waals surface area contributed by atoms with Gasteiger partial charge in [0.05, 0.1) is 5.52 Å². The van der Waals surface area contributed by atoms with Gasteiger partial charge in [0, 0.05) is 34.7 Å². The molecule has 0 aliphatic carbocycles. The maximum absolute atomic E-state index is 12.7. The van der Waals surface area contributed by atoms with Crippen molar-refractivity contribution in [2.45, 2.75) is 6.18 Å². The number of hydrogen-bond acceptors (Lipinski definition) is 2. The van der Waals surface area contributed by atoms with Crippen LogP contribution in [0.15, 0.2) is 30.5 Å². The standard InChI is InChI=1S/C13H11Cl2F3N2/c14-4-6-20(8-13(16,17)18)12-3-5-19-11-7-9(15)1-2-10(11)12/h1-3,5,7H,4,6,8H2. The van der Waals surface area contributed by atoms with Crippen molar-refractivity contribution in [2.75, 3.05) is 23.9 Å². The summed E-state index contributed by atoms with van der Waals surface area (Å²) in [5.41, 5.74) is 1.00. The van der Waals surface area contributed by atoms with Crippen LogP contribution in [-0.4, -0.2) is 30.1 Å². The second-order valence-corrected chi connectivity index (χ2v) is 5.03. The highest BCUT2D eigenvalue weighted by Gasteiger charge is 2.31. The van der Waals surface area contributed by atoms with Crippen molar-refractivity contribution in [3.8, 4) is 0 Å². The minimum absolute atomic E-state index is 0.100. The Morgan fingerprint density at radius 1 is 1.20 bits per heavy atom. The van der Waals surface area contributed by atoms with Gasteiger partial charge in [-0.25, -0.2) is 0 Å². The highest BCUT2D eigenvalue weighted by molar-refractivity contribution is 6.31. The Labute approximate surface area is 124 Å². The molecule has 108 valence electrons. The summed E-state index contributed by atoms with van der Waals surface area (Å²) in [6.45, 7) is -0.954. The lowest BCUT2D eigenvalue weighted by atomic mass is 10.1. The molecule has 0 amide bonds. The Balaban J connectivity index is 2.47. The van der Waals surface area contributed by atoms with Crippen LogP contribution in [0.5, 0.6) is 0 Å². The van der Waals surface area contributed by atoms with Gasteiger partial charge in [-0.2, -0.15) is 13.2 Å². The second kappa shape index (κ2) is 6.06. The minimum Gasteiger partial charge on any atom is -0.361 e. The molecule has 0 atom stereocenters. The van der Waals surface area contributed by atoms with Crippen LogP contribution in [0.2, 0.25) is 5.02 Å². The van der Waals surface area contributed by atoms with Crippen molar-refractivity contribution in [2.24, 2.45) is 0 Å². The zero-order valence-corrected chi connectivity index (χ0v) is 11.8.